The van der Waals surface area contributed by atoms with Crippen LogP contribution in [0.3, 0.4) is 0 Å². The van der Waals surface area contributed by atoms with E-state index in [9.17, 15) is 13.2 Å². The predicted octanol–water partition coefficient (Wildman–Crippen LogP) is 3.10. The Bertz CT molecular complexity index is 637. The van der Waals surface area contributed by atoms with E-state index in [0.717, 1.165) is 0 Å². The second-order valence-corrected chi connectivity index (χ2v) is 8.76. The summed E-state index contributed by atoms with van der Waals surface area (Å²) in [4.78, 5) is 14.1. The minimum absolute atomic E-state index is 0.0721. The summed E-state index contributed by atoms with van der Waals surface area (Å²) in [7, 11) is 1.48. The molecular weight excluding hydrogens is 366 g/mol. The number of benzene rings is 1. The molecule has 0 aromatic heterocycles. The zero-order valence-corrected chi connectivity index (χ0v) is 14.3. The van der Waals surface area contributed by atoms with Crippen molar-refractivity contribution in [1.82, 2.24) is 4.90 Å². The van der Waals surface area contributed by atoms with Crippen LogP contribution in [0, 0.1) is 11.8 Å². The summed E-state index contributed by atoms with van der Waals surface area (Å²) in [5.74, 6) is 0.730. The van der Waals surface area contributed by atoms with E-state index in [-0.39, 0.29) is 10.8 Å². The first-order valence-electron chi connectivity index (χ1n) is 6.23. The van der Waals surface area contributed by atoms with Gasteiger partial charge in [-0.1, -0.05) is 29.8 Å². The van der Waals surface area contributed by atoms with E-state index in [1.54, 1.807) is 11.0 Å². The Labute approximate surface area is 131 Å². The highest BCUT2D eigenvalue weighted by atomic mass is 79.9. The van der Waals surface area contributed by atoms with E-state index in [1.165, 1.54) is 12.1 Å². The smallest absolute Gasteiger partial charge is 0.261 e. The summed E-state index contributed by atoms with van der Waals surface area (Å²) in [6, 6.07) is 4.32. The van der Waals surface area contributed by atoms with Crippen LogP contribution in [0.1, 0.15) is 24.2 Å². The molecule has 1 heterocycles. The fraction of sp³-hybridized carbons (Fsp3) is 0.462. The van der Waals surface area contributed by atoms with Gasteiger partial charge in [0.1, 0.15) is 0 Å². The monoisotopic (exact) mass is 379 g/mol. The molecule has 110 valence electrons. The van der Waals surface area contributed by atoms with Crippen LogP contribution in [0.4, 0.5) is 0 Å². The molecule has 0 N–H and O–H groups in total. The summed E-state index contributed by atoms with van der Waals surface area (Å²) in [6.07, 6.45) is 0. The third-order valence-corrected chi connectivity index (χ3v) is 5.47. The number of halogens is 2. The van der Waals surface area contributed by atoms with Gasteiger partial charge in [-0.15, -0.1) is 0 Å². The van der Waals surface area contributed by atoms with Crippen LogP contribution in [-0.4, -0.2) is 32.3 Å². The fourth-order valence-corrected chi connectivity index (χ4v) is 3.75. The van der Waals surface area contributed by atoms with Crippen LogP contribution in [0.25, 0.3) is 0 Å². The number of amides is 1. The molecule has 0 bridgehead atoms. The molecule has 0 aliphatic carbocycles. The Hall–Kier alpha value is -0.590. The summed E-state index contributed by atoms with van der Waals surface area (Å²) in [6.45, 7) is 5.59. The number of likely N-dealkylation sites (tertiary alicyclic amines) is 1. The fourth-order valence-electron chi connectivity index (χ4n) is 2.31. The van der Waals surface area contributed by atoms with Crippen LogP contribution in [-0.2, 0) is 9.05 Å². The zero-order valence-electron chi connectivity index (χ0n) is 11.1. The molecule has 2 rings (SSSR count). The molecule has 1 aromatic rings. The summed E-state index contributed by atoms with van der Waals surface area (Å²) < 4.78 is 23.3. The Morgan fingerprint density at radius 3 is 2.30 bits per heavy atom. The van der Waals surface area contributed by atoms with Gasteiger partial charge in [-0.3, -0.25) is 4.79 Å². The first-order chi connectivity index (χ1) is 9.18. The highest BCUT2D eigenvalue weighted by molar-refractivity contribution is 9.10. The van der Waals surface area contributed by atoms with Crippen molar-refractivity contribution >= 4 is 41.6 Å². The van der Waals surface area contributed by atoms with E-state index in [0.29, 0.717) is 35.0 Å². The van der Waals surface area contributed by atoms with Crippen molar-refractivity contribution in [2.75, 3.05) is 13.1 Å². The van der Waals surface area contributed by atoms with Crippen LogP contribution in [0.5, 0.6) is 0 Å². The number of nitrogens with zero attached hydrogens (tertiary/aromatic N) is 1. The van der Waals surface area contributed by atoms with Gasteiger partial charge in [0.25, 0.3) is 15.0 Å². The molecule has 1 amide bonds. The van der Waals surface area contributed by atoms with Gasteiger partial charge in [0.05, 0.1) is 4.90 Å². The number of carbonyl (C=O) groups is 1. The Morgan fingerprint density at radius 1 is 1.25 bits per heavy atom. The lowest BCUT2D eigenvalue weighted by molar-refractivity contribution is 0.0784. The molecule has 0 saturated carbocycles. The van der Waals surface area contributed by atoms with Crippen LogP contribution < -0.4 is 0 Å². The maximum atomic E-state index is 12.4. The molecule has 1 aromatic carbocycles. The van der Waals surface area contributed by atoms with Gasteiger partial charge in [0, 0.05) is 33.8 Å². The number of hydrogen-bond donors (Lipinski definition) is 0. The molecular formula is C13H15BrClNO3S. The van der Waals surface area contributed by atoms with Gasteiger partial charge in [0.15, 0.2) is 0 Å². The number of hydrogen-bond acceptors (Lipinski definition) is 3. The first kappa shape index (κ1) is 15.8. The molecule has 2 atom stereocenters. The van der Waals surface area contributed by atoms with Crippen molar-refractivity contribution < 1.29 is 13.2 Å². The second-order valence-electron chi connectivity index (χ2n) is 5.28. The first-order valence-corrected chi connectivity index (χ1v) is 9.33. The normalized spacial score (nSPS) is 23.1. The average molecular weight is 381 g/mol. The maximum Gasteiger partial charge on any atom is 0.261 e. The van der Waals surface area contributed by atoms with Crippen molar-refractivity contribution in [2.24, 2.45) is 11.8 Å². The van der Waals surface area contributed by atoms with Crippen molar-refractivity contribution in [3.63, 3.8) is 0 Å². The van der Waals surface area contributed by atoms with Crippen molar-refractivity contribution in [3.05, 3.63) is 28.2 Å². The third kappa shape index (κ3) is 3.35. The minimum atomic E-state index is -3.85. The van der Waals surface area contributed by atoms with Gasteiger partial charge in [-0.05, 0) is 30.0 Å². The number of rotatable bonds is 2. The standard InChI is InChI=1S/C13H15BrClNO3S/c1-8-6-16(7-9(8)2)13(17)10-3-11(14)5-12(4-10)20(15,18)19/h3-5,8-9H,6-7H2,1-2H3. The Morgan fingerprint density at radius 2 is 1.80 bits per heavy atom. The largest absolute Gasteiger partial charge is 0.338 e. The second kappa shape index (κ2) is 5.66. The highest BCUT2D eigenvalue weighted by Gasteiger charge is 2.30. The van der Waals surface area contributed by atoms with Gasteiger partial charge in [-0.25, -0.2) is 8.42 Å². The SMILES string of the molecule is CC1CN(C(=O)c2cc(Br)cc(S(=O)(=O)Cl)c2)CC1C. The van der Waals surface area contributed by atoms with Crippen molar-refractivity contribution in [2.45, 2.75) is 18.7 Å². The zero-order chi connectivity index (χ0) is 15.1. The van der Waals surface area contributed by atoms with Gasteiger partial charge >= 0.3 is 0 Å². The molecule has 4 nitrogen and oxygen atoms in total. The van der Waals surface area contributed by atoms with E-state index >= 15 is 0 Å². The van der Waals surface area contributed by atoms with Crippen LogP contribution in [0.2, 0.25) is 0 Å². The topological polar surface area (TPSA) is 54.5 Å². The lowest BCUT2D eigenvalue weighted by atomic mass is 10.0. The molecule has 1 fully saturated rings. The highest BCUT2D eigenvalue weighted by Crippen LogP contribution is 2.27. The predicted molar refractivity (Wildman–Crippen MR) is 81.4 cm³/mol. The van der Waals surface area contributed by atoms with Gasteiger partial charge in [0.2, 0.25) is 0 Å². The van der Waals surface area contributed by atoms with Gasteiger partial charge < -0.3 is 4.90 Å². The molecule has 1 aliphatic rings. The molecule has 1 saturated heterocycles. The quantitative estimate of drug-likeness (QED) is 0.741. The minimum Gasteiger partial charge on any atom is -0.338 e. The third-order valence-electron chi connectivity index (χ3n) is 3.68. The summed E-state index contributed by atoms with van der Waals surface area (Å²) in [5, 5.41) is 0. The molecule has 2 unspecified atom stereocenters. The van der Waals surface area contributed by atoms with E-state index in [1.807, 2.05) is 0 Å². The van der Waals surface area contributed by atoms with E-state index in [2.05, 4.69) is 29.8 Å². The maximum absolute atomic E-state index is 12.4. The lowest BCUT2D eigenvalue weighted by Gasteiger charge is -2.16. The van der Waals surface area contributed by atoms with Gasteiger partial charge in [-0.2, -0.15) is 0 Å². The van der Waals surface area contributed by atoms with Crippen LogP contribution >= 0.6 is 26.6 Å². The Balaban J connectivity index is 2.34. The number of carbonyl (C=O) groups excluding carboxylic acids is 1. The Kier molecular flexibility index (Phi) is 4.47. The average Bonchev–Trinajstić information content (AvgIpc) is 2.67. The summed E-state index contributed by atoms with van der Waals surface area (Å²) >= 11 is 3.21. The van der Waals surface area contributed by atoms with Crippen LogP contribution in [0.15, 0.2) is 27.6 Å². The summed E-state index contributed by atoms with van der Waals surface area (Å²) in [5.41, 5.74) is 0.333. The molecule has 0 spiro atoms. The molecule has 0 radical (unpaired) electrons. The van der Waals surface area contributed by atoms with Crippen molar-refractivity contribution in [1.29, 1.82) is 0 Å². The molecule has 20 heavy (non-hydrogen) atoms. The van der Waals surface area contributed by atoms with E-state index < -0.39 is 9.05 Å². The molecule has 7 heteroatoms. The lowest BCUT2D eigenvalue weighted by Crippen LogP contribution is -2.29. The van der Waals surface area contributed by atoms with E-state index in [4.69, 9.17) is 10.7 Å². The molecule has 1 aliphatic heterocycles. The van der Waals surface area contributed by atoms with Crippen molar-refractivity contribution in [3.8, 4) is 0 Å².